The van der Waals surface area contributed by atoms with Gasteiger partial charge in [0.2, 0.25) is 0 Å². The standard InChI is InChI=1S/C8H12N2O5S2/c1-6(2)4-5-7(11)8(10-9)17(14,15)16(3,12)13/h1,4-5H2,2-3H3. The van der Waals surface area contributed by atoms with Gasteiger partial charge in [-0.25, -0.2) is 8.42 Å². The summed E-state index contributed by atoms with van der Waals surface area (Å²) in [5.74, 6) is -1.07. The van der Waals surface area contributed by atoms with Gasteiger partial charge in [0, 0.05) is 6.42 Å². The van der Waals surface area contributed by atoms with Crippen LogP contribution in [0.25, 0.3) is 5.53 Å². The fourth-order valence-corrected chi connectivity index (χ4v) is 2.83. The Morgan fingerprint density at radius 2 is 1.71 bits per heavy atom. The van der Waals surface area contributed by atoms with Crippen molar-refractivity contribution in [1.29, 1.82) is 0 Å². The van der Waals surface area contributed by atoms with E-state index in [0.717, 1.165) is 0 Å². The van der Waals surface area contributed by atoms with Crippen LogP contribution in [0.3, 0.4) is 0 Å². The molecule has 96 valence electrons. The molecule has 9 heteroatoms. The third-order valence-electron chi connectivity index (χ3n) is 1.74. The highest BCUT2D eigenvalue weighted by atomic mass is 33.2. The van der Waals surface area contributed by atoms with Crippen molar-refractivity contribution in [3.63, 3.8) is 0 Å². The van der Waals surface area contributed by atoms with Gasteiger partial charge in [0.25, 0.3) is 14.7 Å². The van der Waals surface area contributed by atoms with E-state index >= 15 is 0 Å². The van der Waals surface area contributed by atoms with Crippen LogP contribution in [0.4, 0.5) is 0 Å². The van der Waals surface area contributed by atoms with Crippen molar-refractivity contribution in [2.75, 3.05) is 6.26 Å². The Hall–Kier alpha value is -1.31. The zero-order valence-corrected chi connectivity index (χ0v) is 11.0. The van der Waals surface area contributed by atoms with Crippen molar-refractivity contribution in [3.05, 3.63) is 17.7 Å². The molecule has 0 aromatic rings. The smallest absolute Gasteiger partial charge is 0.360 e. The van der Waals surface area contributed by atoms with Gasteiger partial charge < -0.3 is 5.53 Å². The first-order valence-electron chi connectivity index (χ1n) is 4.38. The molecule has 0 aromatic heterocycles. The van der Waals surface area contributed by atoms with Crippen LogP contribution in [0.1, 0.15) is 19.8 Å². The summed E-state index contributed by atoms with van der Waals surface area (Å²) in [4.78, 5) is 13.7. The number of rotatable bonds is 5. The van der Waals surface area contributed by atoms with E-state index in [1.807, 2.05) is 0 Å². The normalized spacial score (nSPS) is 11.6. The molecule has 0 radical (unpaired) electrons. The average Bonchev–Trinajstić information content (AvgIpc) is 2.13. The average molecular weight is 280 g/mol. The minimum absolute atomic E-state index is 0.178. The number of carbonyl (C=O) groups excluding carboxylic acids is 1. The second-order valence-corrected chi connectivity index (χ2v) is 9.28. The van der Waals surface area contributed by atoms with Gasteiger partial charge in [-0.2, -0.15) is 8.42 Å². The molecule has 0 saturated heterocycles. The predicted molar refractivity (Wildman–Crippen MR) is 61.4 cm³/mol. The zero-order valence-electron chi connectivity index (χ0n) is 9.37. The van der Waals surface area contributed by atoms with Crippen LogP contribution in [-0.2, 0) is 22.5 Å². The minimum Gasteiger partial charge on any atom is -0.360 e. The van der Waals surface area contributed by atoms with E-state index in [4.69, 9.17) is 5.53 Å². The van der Waals surface area contributed by atoms with E-state index in [1.165, 1.54) is 0 Å². The van der Waals surface area contributed by atoms with Gasteiger partial charge in [-0.15, -0.1) is 11.4 Å². The molecule has 0 heterocycles. The highest BCUT2D eigenvalue weighted by molar-refractivity contribution is 8.73. The number of nitrogens with zero attached hydrogens (tertiary/aromatic N) is 2. The molecule has 0 aliphatic heterocycles. The van der Waals surface area contributed by atoms with E-state index in [2.05, 4.69) is 11.4 Å². The van der Waals surface area contributed by atoms with Gasteiger partial charge in [-0.05, 0) is 13.3 Å². The highest BCUT2D eigenvalue weighted by Crippen LogP contribution is 2.08. The Labute approximate surface area is 99.0 Å². The molecule has 0 bridgehead atoms. The Morgan fingerprint density at radius 3 is 2.00 bits per heavy atom. The second kappa shape index (κ2) is 5.35. The predicted octanol–water partition coefficient (Wildman–Crippen LogP) is -0.0855. The third-order valence-corrected chi connectivity index (χ3v) is 6.19. The fraction of sp³-hybridized carbons (Fsp3) is 0.500. The molecular weight excluding hydrogens is 268 g/mol. The van der Waals surface area contributed by atoms with E-state index in [-0.39, 0.29) is 12.8 Å². The molecule has 0 aromatic carbocycles. The summed E-state index contributed by atoms with van der Waals surface area (Å²) in [5.41, 5.74) is 9.08. The molecule has 0 saturated carbocycles. The first kappa shape index (κ1) is 15.7. The molecular formula is C8H12N2O5S2. The maximum Gasteiger partial charge on any atom is 0.462 e. The van der Waals surface area contributed by atoms with Crippen LogP contribution < -0.4 is 0 Å². The molecule has 0 rings (SSSR count). The molecule has 0 aliphatic rings. The molecule has 0 unspecified atom stereocenters. The second-order valence-electron chi connectivity index (χ2n) is 3.44. The number of hydrogen-bond donors (Lipinski definition) is 0. The van der Waals surface area contributed by atoms with Crippen molar-refractivity contribution in [1.82, 2.24) is 0 Å². The van der Waals surface area contributed by atoms with Gasteiger partial charge in [0.15, 0.2) is 0 Å². The molecule has 0 spiro atoms. The van der Waals surface area contributed by atoms with Crippen LogP contribution in [0.5, 0.6) is 0 Å². The monoisotopic (exact) mass is 280 g/mol. The highest BCUT2D eigenvalue weighted by Gasteiger charge is 2.43. The fourth-order valence-electron chi connectivity index (χ4n) is 0.822. The van der Waals surface area contributed by atoms with E-state index < -0.39 is 28.6 Å². The molecule has 0 fully saturated rings. The van der Waals surface area contributed by atoms with Crippen LogP contribution in [0, 0.1) is 0 Å². The van der Waals surface area contributed by atoms with Crippen molar-refractivity contribution in [2.24, 2.45) is 0 Å². The maximum absolute atomic E-state index is 11.4. The Kier molecular flexibility index (Phi) is 4.94. The summed E-state index contributed by atoms with van der Waals surface area (Å²) in [6.45, 7) is 5.12. The minimum atomic E-state index is -4.94. The molecule has 17 heavy (non-hydrogen) atoms. The van der Waals surface area contributed by atoms with Gasteiger partial charge in [0.1, 0.15) is 0 Å². The van der Waals surface area contributed by atoms with Crippen molar-refractivity contribution in [2.45, 2.75) is 19.8 Å². The lowest BCUT2D eigenvalue weighted by Crippen LogP contribution is -2.30. The zero-order chi connectivity index (χ0) is 13.9. The molecule has 0 aliphatic carbocycles. The van der Waals surface area contributed by atoms with Crippen molar-refractivity contribution in [3.8, 4) is 0 Å². The van der Waals surface area contributed by atoms with E-state index in [1.54, 1.807) is 6.92 Å². The number of allylic oxidation sites excluding steroid dienone is 1. The third kappa shape index (κ3) is 3.88. The SMILES string of the molecule is C=C(C)CCC(=O)C(=[N+]=[N-])S(=O)(=O)S(C)(=O)=O. The molecule has 7 nitrogen and oxygen atoms in total. The number of ketones is 1. The van der Waals surface area contributed by atoms with Gasteiger partial charge in [-0.3, -0.25) is 4.79 Å². The van der Waals surface area contributed by atoms with Crippen molar-refractivity contribution < 1.29 is 26.4 Å². The van der Waals surface area contributed by atoms with Crippen LogP contribution in [0.15, 0.2) is 12.2 Å². The molecule has 0 N–H and O–H groups in total. The van der Waals surface area contributed by atoms with Gasteiger partial charge in [0.05, 0.1) is 6.26 Å². The number of carbonyl (C=O) groups is 1. The first-order valence-corrected chi connectivity index (χ1v) is 8.28. The Morgan fingerprint density at radius 1 is 1.24 bits per heavy atom. The van der Waals surface area contributed by atoms with Gasteiger partial charge in [-0.1, -0.05) is 5.57 Å². The summed E-state index contributed by atoms with van der Waals surface area (Å²) in [5, 5.41) is -1.36. The summed E-state index contributed by atoms with van der Waals surface area (Å²) < 4.78 is 44.6. The number of hydrogen-bond acceptors (Lipinski definition) is 5. The first-order chi connectivity index (χ1) is 7.54. The van der Waals surface area contributed by atoms with Crippen LogP contribution in [0.2, 0.25) is 0 Å². The molecule has 0 amide bonds. The molecule has 0 atom stereocenters. The van der Waals surface area contributed by atoms with Crippen molar-refractivity contribution >= 4 is 28.6 Å². The van der Waals surface area contributed by atoms with E-state index in [9.17, 15) is 21.6 Å². The number of Topliss-reactive ketones (excluding diaryl/α,β-unsaturated/α-hetero) is 1. The Bertz CT molecular complexity index is 594. The largest absolute Gasteiger partial charge is 0.462 e. The van der Waals surface area contributed by atoms with E-state index in [0.29, 0.717) is 11.8 Å². The summed E-state index contributed by atoms with van der Waals surface area (Å²) in [6.07, 6.45) is 0.306. The van der Waals surface area contributed by atoms with Crippen LogP contribution >= 0.6 is 0 Å². The Balaban J connectivity index is 5.37. The lowest BCUT2D eigenvalue weighted by molar-refractivity contribution is -0.116. The lowest BCUT2D eigenvalue weighted by Gasteiger charge is -1.97. The summed E-state index contributed by atoms with van der Waals surface area (Å²) in [7, 11) is -9.50. The van der Waals surface area contributed by atoms with Gasteiger partial charge >= 0.3 is 13.9 Å². The summed E-state index contributed by atoms with van der Waals surface area (Å²) in [6, 6.07) is 0. The topological polar surface area (TPSA) is 122 Å². The maximum atomic E-state index is 11.4. The lowest BCUT2D eigenvalue weighted by atomic mass is 10.1. The summed E-state index contributed by atoms with van der Waals surface area (Å²) >= 11 is 0. The van der Waals surface area contributed by atoms with Crippen LogP contribution in [-0.4, -0.2) is 38.7 Å². The quantitative estimate of drug-likeness (QED) is 0.174.